The number of fused-ring (bicyclic) bond motifs is 2. The van der Waals surface area contributed by atoms with Crippen molar-refractivity contribution < 1.29 is 4.42 Å². The van der Waals surface area contributed by atoms with E-state index in [1.807, 2.05) is 0 Å². The summed E-state index contributed by atoms with van der Waals surface area (Å²) in [5.74, 6) is 0. The van der Waals surface area contributed by atoms with Gasteiger partial charge in [-0.15, -0.1) is 0 Å². The Morgan fingerprint density at radius 1 is 1.38 bits per heavy atom. The number of hydrogen-bond donors (Lipinski definition) is 0. The molecule has 66 valence electrons. The zero-order valence-electron chi connectivity index (χ0n) is 6.87. The van der Waals surface area contributed by atoms with Crippen LogP contribution in [0.15, 0.2) is 10.8 Å². The van der Waals surface area contributed by atoms with Crippen molar-refractivity contribution in [2.24, 2.45) is 0 Å². The summed E-state index contributed by atoms with van der Waals surface area (Å²) in [4.78, 5) is 0. The van der Waals surface area contributed by atoms with E-state index in [1.165, 1.54) is 40.0 Å². The average molecular weight is 209 g/mol. The Balaban J connectivity index is 2.63. The van der Waals surface area contributed by atoms with Crippen LogP contribution in [0.5, 0.6) is 0 Å². The van der Waals surface area contributed by atoms with Crippen molar-refractivity contribution in [3.05, 3.63) is 32.0 Å². The van der Waals surface area contributed by atoms with Gasteiger partial charge in [0.15, 0.2) is 11.8 Å². The first-order valence-corrected chi connectivity index (χ1v) is 5.43. The van der Waals surface area contributed by atoms with E-state index >= 15 is 0 Å². The summed E-state index contributed by atoms with van der Waals surface area (Å²) in [6.45, 7) is 0. The smallest absolute Gasteiger partial charge is 0.192 e. The number of rotatable bonds is 0. The Hall–Kier alpha value is -0.740. The van der Waals surface area contributed by atoms with Crippen LogP contribution < -0.4 is 0 Å². The van der Waals surface area contributed by atoms with Crippen LogP contribution in [0.25, 0.3) is 0 Å². The van der Waals surface area contributed by atoms with E-state index < -0.39 is 0 Å². The highest BCUT2D eigenvalue weighted by Gasteiger charge is 2.18. The van der Waals surface area contributed by atoms with Crippen LogP contribution in [0, 0.1) is 14.5 Å². The molecule has 0 spiro atoms. The standard InChI is InChI=1S/C9H7NOS2/c12-8-5-2-1-3-6(5)9-7(8)11-4-10-13-9/h4H,1-3H2. The third kappa shape index (κ3) is 0.928. The second-order valence-electron chi connectivity index (χ2n) is 3.22. The van der Waals surface area contributed by atoms with E-state index in [1.54, 1.807) is 0 Å². The molecule has 2 aliphatic carbocycles. The summed E-state index contributed by atoms with van der Waals surface area (Å²) in [6.07, 6.45) is 4.95. The minimum Gasteiger partial charge on any atom is -0.442 e. The summed E-state index contributed by atoms with van der Waals surface area (Å²) < 4.78 is 11.5. The molecular formula is C9H7NOS2. The molecule has 0 bridgehead atoms. The van der Waals surface area contributed by atoms with E-state index in [0.717, 1.165) is 22.8 Å². The average Bonchev–Trinajstić information content (AvgIpc) is 2.72. The second-order valence-corrected chi connectivity index (χ2v) is 4.43. The molecule has 0 N–H and O–H groups in total. The van der Waals surface area contributed by atoms with Gasteiger partial charge in [-0.05, 0) is 41.9 Å². The fraction of sp³-hybridized carbons (Fsp3) is 0.333. The van der Waals surface area contributed by atoms with Crippen molar-refractivity contribution >= 4 is 23.8 Å². The third-order valence-electron chi connectivity index (χ3n) is 2.54. The van der Waals surface area contributed by atoms with Gasteiger partial charge in [0.25, 0.3) is 0 Å². The van der Waals surface area contributed by atoms with E-state index in [4.69, 9.17) is 16.6 Å². The molecular weight excluding hydrogens is 202 g/mol. The number of nitrogens with zero attached hydrogens (tertiary/aromatic N) is 1. The SMILES string of the molecule is S=c1c2c(c3sncoc1=3)CCC2. The summed E-state index contributed by atoms with van der Waals surface area (Å²) in [7, 11) is 0. The minimum absolute atomic E-state index is 0.875. The quantitative estimate of drug-likeness (QED) is 0.624. The van der Waals surface area contributed by atoms with Crippen molar-refractivity contribution in [1.29, 1.82) is 0 Å². The molecule has 13 heavy (non-hydrogen) atoms. The Morgan fingerprint density at radius 3 is 3.15 bits per heavy atom. The van der Waals surface area contributed by atoms with Crippen molar-refractivity contribution in [2.45, 2.75) is 19.3 Å². The maximum Gasteiger partial charge on any atom is 0.192 e. The molecule has 0 radical (unpaired) electrons. The largest absolute Gasteiger partial charge is 0.442 e. The molecule has 0 unspecified atom stereocenters. The molecule has 0 atom stereocenters. The molecule has 3 rings (SSSR count). The molecule has 2 nitrogen and oxygen atoms in total. The van der Waals surface area contributed by atoms with Crippen molar-refractivity contribution in [3.8, 4) is 0 Å². The molecule has 0 aromatic carbocycles. The molecule has 0 saturated heterocycles. The predicted molar refractivity (Wildman–Crippen MR) is 52.5 cm³/mol. The first kappa shape index (κ1) is 7.64. The van der Waals surface area contributed by atoms with Gasteiger partial charge in [0.1, 0.15) is 0 Å². The van der Waals surface area contributed by atoms with Crippen molar-refractivity contribution in [1.82, 2.24) is 4.37 Å². The molecule has 4 heteroatoms. The van der Waals surface area contributed by atoms with Gasteiger partial charge in [-0.25, -0.2) is 0 Å². The van der Waals surface area contributed by atoms with E-state index in [0.29, 0.717) is 0 Å². The van der Waals surface area contributed by atoms with Gasteiger partial charge in [0.2, 0.25) is 0 Å². The maximum absolute atomic E-state index is 5.34. The lowest BCUT2D eigenvalue weighted by atomic mass is 10.2. The van der Waals surface area contributed by atoms with Gasteiger partial charge in [-0.1, -0.05) is 12.2 Å². The Labute approximate surface area is 84.0 Å². The zero-order valence-corrected chi connectivity index (χ0v) is 8.50. The van der Waals surface area contributed by atoms with Crippen LogP contribution in [0.3, 0.4) is 0 Å². The maximum atomic E-state index is 5.34. The molecule has 0 aromatic heterocycles. The van der Waals surface area contributed by atoms with Gasteiger partial charge in [-0.2, -0.15) is 4.37 Å². The number of aromatic nitrogens is 1. The van der Waals surface area contributed by atoms with Gasteiger partial charge in [0, 0.05) is 0 Å². The Morgan fingerprint density at radius 2 is 2.23 bits per heavy atom. The fourth-order valence-electron chi connectivity index (χ4n) is 1.97. The molecule has 3 aliphatic rings. The highest BCUT2D eigenvalue weighted by Crippen LogP contribution is 2.28. The lowest BCUT2D eigenvalue weighted by Crippen LogP contribution is -1.75. The summed E-state index contributed by atoms with van der Waals surface area (Å²) >= 11 is 6.83. The van der Waals surface area contributed by atoms with Crippen LogP contribution in [0.1, 0.15) is 17.5 Å². The number of hydrogen-bond acceptors (Lipinski definition) is 4. The molecule has 1 aliphatic heterocycles. The topological polar surface area (TPSA) is 26.0 Å². The van der Waals surface area contributed by atoms with Gasteiger partial charge in [-0.3, -0.25) is 0 Å². The monoisotopic (exact) mass is 209 g/mol. The molecule has 0 aromatic rings. The molecule has 0 fully saturated rings. The zero-order chi connectivity index (χ0) is 8.84. The summed E-state index contributed by atoms with van der Waals surface area (Å²) in [6, 6.07) is 0. The van der Waals surface area contributed by atoms with Gasteiger partial charge >= 0.3 is 0 Å². The van der Waals surface area contributed by atoms with Gasteiger partial charge in [0.05, 0.1) is 9.04 Å². The van der Waals surface area contributed by atoms with Crippen molar-refractivity contribution in [3.63, 3.8) is 0 Å². The Kier molecular flexibility index (Phi) is 1.54. The Bertz CT molecular complexity index is 568. The molecule has 1 heterocycles. The van der Waals surface area contributed by atoms with Crippen LogP contribution in [-0.2, 0) is 12.8 Å². The van der Waals surface area contributed by atoms with Crippen LogP contribution >= 0.6 is 23.8 Å². The summed E-state index contributed by atoms with van der Waals surface area (Å²) in [5, 5.41) is 0. The van der Waals surface area contributed by atoms with Crippen LogP contribution in [-0.4, -0.2) is 4.37 Å². The van der Waals surface area contributed by atoms with Crippen LogP contribution in [0.4, 0.5) is 0 Å². The molecule has 0 amide bonds. The van der Waals surface area contributed by atoms with E-state index in [-0.39, 0.29) is 0 Å². The lowest BCUT2D eigenvalue weighted by molar-refractivity contribution is 0.506. The minimum atomic E-state index is 0.875. The highest BCUT2D eigenvalue weighted by molar-refractivity contribution is 7.71. The second kappa shape index (κ2) is 2.62. The highest BCUT2D eigenvalue weighted by atomic mass is 32.1. The first-order valence-electron chi connectivity index (χ1n) is 4.25. The lowest BCUT2D eigenvalue weighted by Gasteiger charge is -1.86. The summed E-state index contributed by atoms with van der Waals surface area (Å²) in [5.41, 5.74) is 3.60. The van der Waals surface area contributed by atoms with Crippen molar-refractivity contribution in [2.75, 3.05) is 0 Å². The normalized spacial score (nSPS) is 15.1. The fourth-order valence-corrected chi connectivity index (χ4v) is 3.17. The van der Waals surface area contributed by atoms with E-state index in [2.05, 4.69) is 4.37 Å². The van der Waals surface area contributed by atoms with Gasteiger partial charge < -0.3 is 4.42 Å². The predicted octanol–water partition coefficient (Wildman–Crippen LogP) is 2.68. The van der Waals surface area contributed by atoms with E-state index in [9.17, 15) is 0 Å². The third-order valence-corrected chi connectivity index (χ3v) is 3.77. The van der Waals surface area contributed by atoms with Crippen LogP contribution in [0.2, 0.25) is 0 Å². The first-order chi connectivity index (χ1) is 6.38. The molecule has 0 saturated carbocycles.